The maximum absolute atomic E-state index is 5.76. The van der Waals surface area contributed by atoms with Crippen molar-refractivity contribution < 1.29 is 0 Å². The van der Waals surface area contributed by atoms with Gasteiger partial charge in [-0.2, -0.15) is 0 Å². The molecular weight excluding hydrogens is 204 g/mol. The second-order valence-corrected chi connectivity index (χ2v) is 5.17. The number of hydrogen-bond donors (Lipinski definition) is 1. The van der Waals surface area contributed by atoms with Gasteiger partial charge in [-0.05, 0) is 57.4 Å². The molecule has 1 aromatic carbocycles. The molecule has 1 aromatic rings. The summed E-state index contributed by atoms with van der Waals surface area (Å²) in [5, 5.41) is 0. The lowest BCUT2D eigenvalue weighted by molar-refractivity contribution is 0.410. The number of nitrogen functional groups attached to an aromatic ring is 1. The standard InChI is InChI=1S/C12H20N2S/c1-10-5-6-11(13)9-12(10)15-8-4-7-14(2)3/h5-6,9H,4,7-8,13H2,1-3H3. The van der Waals surface area contributed by atoms with E-state index in [0.29, 0.717) is 0 Å². The van der Waals surface area contributed by atoms with Crippen molar-refractivity contribution in [1.29, 1.82) is 0 Å². The van der Waals surface area contributed by atoms with E-state index in [-0.39, 0.29) is 0 Å². The van der Waals surface area contributed by atoms with E-state index in [9.17, 15) is 0 Å². The van der Waals surface area contributed by atoms with Crippen molar-refractivity contribution in [2.45, 2.75) is 18.2 Å². The molecule has 0 saturated carbocycles. The Morgan fingerprint density at radius 1 is 1.33 bits per heavy atom. The Morgan fingerprint density at radius 3 is 2.73 bits per heavy atom. The minimum absolute atomic E-state index is 0.857. The highest BCUT2D eigenvalue weighted by Crippen LogP contribution is 2.24. The predicted octanol–water partition coefficient (Wildman–Crippen LogP) is 2.62. The molecule has 0 bridgehead atoms. The minimum atomic E-state index is 0.857. The summed E-state index contributed by atoms with van der Waals surface area (Å²) in [7, 11) is 4.22. The Morgan fingerprint density at radius 2 is 2.07 bits per heavy atom. The molecule has 3 heteroatoms. The van der Waals surface area contributed by atoms with Crippen LogP contribution in [-0.2, 0) is 0 Å². The third-order valence-electron chi connectivity index (χ3n) is 2.22. The van der Waals surface area contributed by atoms with Crippen molar-refractivity contribution in [3.8, 4) is 0 Å². The summed E-state index contributed by atoms with van der Waals surface area (Å²) >= 11 is 1.90. The van der Waals surface area contributed by atoms with Crippen molar-refractivity contribution in [1.82, 2.24) is 4.90 Å². The summed E-state index contributed by atoms with van der Waals surface area (Å²) in [6.45, 7) is 3.28. The van der Waals surface area contributed by atoms with Crippen molar-refractivity contribution in [2.24, 2.45) is 0 Å². The molecule has 84 valence electrons. The molecule has 0 fully saturated rings. The highest BCUT2D eigenvalue weighted by molar-refractivity contribution is 7.99. The number of thioether (sulfide) groups is 1. The molecule has 0 unspecified atom stereocenters. The van der Waals surface area contributed by atoms with E-state index >= 15 is 0 Å². The van der Waals surface area contributed by atoms with Crippen LogP contribution in [0.3, 0.4) is 0 Å². The van der Waals surface area contributed by atoms with Crippen molar-refractivity contribution >= 4 is 17.4 Å². The Kier molecular flexibility index (Phi) is 4.99. The van der Waals surface area contributed by atoms with Crippen LogP contribution < -0.4 is 5.73 Å². The number of anilines is 1. The highest BCUT2D eigenvalue weighted by atomic mass is 32.2. The van der Waals surface area contributed by atoms with Crippen LogP contribution in [0, 0.1) is 6.92 Å². The highest BCUT2D eigenvalue weighted by Gasteiger charge is 1.99. The van der Waals surface area contributed by atoms with Crippen LogP contribution in [0.2, 0.25) is 0 Å². The molecule has 2 N–H and O–H groups in total. The fourth-order valence-electron chi connectivity index (χ4n) is 1.34. The van der Waals surface area contributed by atoms with Crippen molar-refractivity contribution in [3.05, 3.63) is 23.8 Å². The number of benzene rings is 1. The zero-order valence-electron chi connectivity index (χ0n) is 9.79. The molecule has 0 aliphatic carbocycles. The second-order valence-electron chi connectivity index (χ2n) is 4.03. The Labute approximate surface area is 96.8 Å². The fourth-order valence-corrected chi connectivity index (χ4v) is 2.34. The Bertz CT molecular complexity index is 310. The first-order valence-corrected chi connectivity index (χ1v) is 6.22. The van der Waals surface area contributed by atoms with Crippen LogP contribution in [0.25, 0.3) is 0 Å². The van der Waals surface area contributed by atoms with Gasteiger partial charge in [0.1, 0.15) is 0 Å². The van der Waals surface area contributed by atoms with Gasteiger partial charge in [-0.15, -0.1) is 11.8 Å². The van der Waals surface area contributed by atoms with E-state index in [1.54, 1.807) is 0 Å². The van der Waals surface area contributed by atoms with Gasteiger partial charge in [0.2, 0.25) is 0 Å². The maximum Gasteiger partial charge on any atom is 0.0325 e. The topological polar surface area (TPSA) is 29.3 Å². The van der Waals surface area contributed by atoms with E-state index in [1.807, 2.05) is 17.8 Å². The Hall–Kier alpha value is -0.670. The lowest BCUT2D eigenvalue weighted by Gasteiger charge is -2.10. The molecule has 0 radical (unpaired) electrons. The van der Waals surface area contributed by atoms with E-state index in [1.165, 1.54) is 16.9 Å². The monoisotopic (exact) mass is 224 g/mol. The molecule has 0 saturated heterocycles. The molecule has 0 atom stereocenters. The smallest absolute Gasteiger partial charge is 0.0325 e. The van der Waals surface area contributed by atoms with Gasteiger partial charge in [0.05, 0.1) is 0 Å². The summed E-state index contributed by atoms with van der Waals surface area (Å²) in [5.41, 5.74) is 7.93. The summed E-state index contributed by atoms with van der Waals surface area (Å²) < 4.78 is 0. The number of hydrogen-bond acceptors (Lipinski definition) is 3. The third kappa shape index (κ3) is 4.58. The fraction of sp³-hybridized carbons (Fsp3) is 0.500. The normalized spacial score (nSPS) is 10.9. The zero-order valence-corrected chi connectivity index (χ0v) is 10.6. The molecule has 0 aliphatic heterocycles. The van der Waals surface area contributed by atoms with Gasteiger partial charge >= 0.3 is 0 Å². The summed E-state index contributed by atoms with van der Waals surface area (Å²) in [6.07, 6.45) is 1.21. The van der Waals surface area contributed by atoms with E-state index in [4.69, 9.17) is 5.73 Å². The largest absolute Gasteiger partial charge is 0.399 e. The first-order valence-electron chi connectivity index (χ1n) is 5.23. The van der Waals surface area contributed by atoms with E-state index < -0.39 is 0 Å². The maximum atomic E-state index is 5.76. The van der Waals surface area contributed by atoms with Gasteiger partial charge in [-0.1, -0.05) is 6.07 Å². The average Bonchev–Trinajstić information content (AvgIpc) is 2.17. The average molecular weight is 224 g/mol. The lowest BCUT2D eigenvalue weighted by Crippen LogP contribution is -2.13. The molecule has 0 amide bonds. The van der Waals surface area contributed by atoms with Crippen LogP contribution in [0.1, 0.15) is 12.0 Å². The molecule has 0 heterocycles. The van der Waals surface area contributed by atoms with Gasteiger partial charge in [-0.25, -0.2) is 0 Å². The van der Waals surface area contributed by atoms with Crippen LogP contribution >= 0.6 is 11.8 Å². The van der Waals surface area contributed by atoms with Crippen molar-refractivity contribution in [3.63, 3.8) is 0 Å². The van der Waals surface area contributed by atoms with Gasteiger partial charge in [0, 0.05) is 10.6 Å². The zero-order chi connectivity index (χ0) is 11.3. The third-order valence-corrected chi connectivity index (χ3v) is 3.46. The van der Waals surface area contributed by atoms with E-state index in [2.05, 4.69) is 38.1 Å². The molecule has 2 nitrogen and oxygen atoms in total. The number of rotatable bonds is 5. The first-order chi connectivity index (χ1) is 7.09. The van der Waals surface area contributed by atoms with Gasteiger partial charge in [-0.3, -0.25) is 0 Å². The Balaban J connectivity index is 2.40. The molecule has 1 rings (SSSR count). The minimum Gasteiger partial charge on any atom is -0.399 e. The molecule has 0 aliphatic rings. The van der Waals surface area contributed by atoms with Crippen LogP contribution in [0.15, 0.2) is 23.1 Å². The van der Waals surface area contributed by atoms with Gasteiger partial charge in [0.25, 0.3) is 0 Å². The number of aryl methyl sites for hydroxylation is 1. The predicted molar refractivity (Wildman–Crippen MR) is 69.5 cm³/mol. The number of nitrogens with zero attached hydrogens (tertiary/aromatic N) is 1. The molecule has 0 aromatic heterocycles. The van der Waals surface area contributed by atoms with Gasteiger partial charge in [0.15, 0.2) is 0 Å². The molecule has 0 spiro atoms. The first kappa shape index (κ1) is 12.4. The van der Waals surface area contributed by atoms with Crippen LogP contribution in [0.5, 0.6) is 0 Å². The summed E-state index contributed by atoms with van der Waals surface area (Å²) in [6, 6.07) is 6.11. The van der Waals surface area contributed by atoms with Gasteiger partial charge < -0.3 is 10.6 Å². The van der Waals surface area contributed by atoms with E-state index in [0.717, 1.165) is 18.0 Å². The second kappa shape index (κ2) is 6.03. The quantitative estimate of drug-likeness (QED) is 0.473. The molecular formula is C12H20N2S. The number of nitrogens with two attached hydrogens (primary N) is 1. The SMILES string of the molecule is Cc1ccc(N)cc1SCCCN(C)C. The van der Waals surface area contributed by atoms with Crippen LogP contribution in [-0.4, -0.2) is 31.3 Å². The molecule has 15 heavy (non-hydrogen) atoms. The summed E-state index contributed by atoms with van der Waals surface area (Å²) in [5.74, 6) is 1.16. The van der Waals surface area contributed by atoms with Crippen LogP contribution in [0.4, 0.5) is 5.69 Å². The lowest BCUT2D eigenvalue weighted by atomic mass is 10.2. The summed E-state index contributed by atoms with van der Waals surface area (Å²) in [4.78, 5) is 3.53. The van der Waals surface area contributed by atoms with Crippen molar-refractivity contribution in [2.75, 3.05) is 32.1 Å².